The van der Waals surface area contributed by atoms with Crippen LogP contribution in [-0.2, 0) is 31.6 Å². The molecule has 2 unspecified atom stereocenters. The highest BCUT2D eigenvalue weighted by Gasteiger charge is 2.53. The fraction of sp³-hybridized carbons (Fsp3) is 0.500. The first-order chi connectivity index (χ1) is 14.2. The second-order valence-electron chi connectivity index (χ2n) is 5.98. The van der Waals surface area contributed by atoms with Gasteiger partial charge < -0.3 is 40.3 Å². The van der Waals surface area contributed by atoms with Crippen molar-refractivity contribution in [2.75, 3.05) is 12.3 Å². The van der Waals surface area contributed by atoms with E-state index in [1.807, 2.05) is 0 Å². The highest BCUT2D eigenvalue weighted by atomic mass is 31.3. The fourth-order valence-electron chi connectivity index (χ4n) is 2.73. The van der Waals surface area contributed by atoms with Gasteiger partial charge in [-0.3, -0.25) is 9.09 Å². The number of rotatable bonds is 8. The summed E-state index contributed by atoms with van der Waals surface area (Å²) in [5.74, 6) is -0.0428. The Kier molecular flexibility index (Phi) is 6.68. The zero-order chi connectivity index (χ0) is 23.2. The van der Waals surface area contributed by atoms with Crippen molar-refractivity contribution in [3.63, 3.8) is 0 Å². The van der Waals surface area contributed by atoms with E-state index < -0.39 is 54.6 Å². The van der Waals surface area contributed by atoms with Crippen molar-refractivity contribution in [1.82, 2.24) is 19.5 Å². The molecular weight excluding hydrogens is 491 g/mol. The molecular formula is C10H16N5O13P3. The van der Waals surface area contributed by atoms with Crippen molar-refractivity contribution < 1.29 is 61.4 Å². The van der Waals surface area contributed by atoms with Crippen LogP contribution in [0.4, 0.5) is 5.82 Å². The van der Waals surface area contributed by atoms with E-state index in [1.165, 1.54) is 0 Å². The van der Waals surface area contributed by atoms with Crippen molar-refractivity contribution >= 4 is 40.4 Å². The molecule has 1 fully saturated rings. The van der Waals surface area contributed by atoms with E-state index in [0.29, 0.717) is 0 Å². The number of nitrogen functional groups attached to an aromatic ring is 1. The lowest BCUT2D eigenvalue weighted by molar-refractivity contribution is -0.0504. The van der Waals surface area contributed by atoms with Crippen molar-refractivity contribution in [3.05, 3.63) is 12.7 Å². The number of fused-ring (bicyclic) bond motifs is 1. The summed E-state index contributed by atoms with van der Waals surface area (Å²) in [7, 11) is -17.1. The molecule has 0 aromatic carbocycles. The molecule has 174 valence electrons. The number of ether oxygens (including phenoxy) is 1. The molecule has 3 rings (SSSR count). The molecule has 1 aliphatic rings. The van der Waals surface area contributed by atoms with E-state index >= 15 is 0 Å². The summed E-state index contributed by atoms with van der Waals surface area (Å²) < 4.78 is 53.9. The Balaban J connectivity index is 2.04. The average Bonchev–Trinajstić information content (AvgIpc) is 3.14. The lowest BCUT2D eigenvalue weighted by atomic mass is 10.1. The number of aromatic nitrogens is 4. The SMILES string of the molecule is Nc1ncnc2c1ncn2[C@@H]1O[C@H](CO)C(O)C1OP(=O)(OP(=O)(O)O)OP(=O)(O)O. The summed E-state index contributed by atoms with van der Waals surface area (Å²) in [6.45, 7) is -0.801. The highest BCUT2D eigenvalue weighted by molar-refractivity contribution is 7.66. The highest BCUT2D eigenvalue weighted by Crippen LogP contribution is 2.69. The zero-order valence-corrected chi connectivity index (χ0v) is 17.6. The molecule has 0 spiro atoms. The molecule has 0 saturated carbocycles. The van der Waals surface area contributed by atoms with E-state index in [1.54, 1.807) is 0 Å². The van der Waals surface area contributed by atoms with Gasteiger partial charge in [0, 0.05) is 0 Å². The summed E-state index contributed by atoms with van der Waals surface area (Å²) in [6.07, 6.45) is -4.58. The van der Waals surface area contributed by atoms with Crippen LogP contribution in [0.3, 0.4) is 0 Å². The molecule has 1 saturated heterocycles. The van der Waals surface area contributed by atoms with Gasteiger partial charge in [0.05, 0.1) is 12.9 Å². The van der Waals surface area contributed by atoms with Gasteiger partial charge in [-0.25, -0.2) is 28.6 Å². The van der Waals surface area contributed by atoms with Gasteiger partial charge in [-0.1, -0.05) is 0 Å². The summed E-state index contributed by atoms with van der Waals surface area (Å²) in [5, 5.41) is 19.8. The molecule has 2 aromatic rings. The standard InChI is InChI=1S/C10H16N5O13P3/c11-8-5-9(13-2-12-8)15(3-14-5)10-7(6(17)4(1-16)25-10)26-31(24,27-29(18,19)20)28-30(21,22)23/h2-4,6-7,10,16-17H,1H2,(H2,11,12,13)(H2,18,19,20)(H2,21,22,23)/t4-,6?,7?,10-/m1/s1. The van der Waals surface area contributed by atoms with Crippen LogP contribution in [0.5, 0.6) is 0 Å². The van der Waals surface area contributed by atoms with Crippen LogP contribution in [0.1, 0.15) is 6.23 Å². The summed E-state index contributed by atoms with van der Waals surface area (Å²) >= 11 is 0. The third-order valence-electron chi connectivity index (χ3n) is 3.82. The number of hydrogen-bond acceptors (Lipinski definition) is 13. The van der Waals surface area contributed by atoms with Gasteiger partial charge in [-0.05, 0) is 0 Å². The Labute approximate surface area is 171 Å². The number of phosphoric acid groups is 3. The van der Waals surface area contributed by atoms with Gasteiger partial charge in [0.25, 0.3) is 0 Å². The van der Waals surface area contributed by atoms with Gasteiger partial charge in [-0.2, -0.15) is 8.62 Å². The largest absolute Gasteiger partial charge is 0.493 e. The first kappa shape index (κ1) is 24.3. The molecule has 0 amide bonds. The maximum Gasteiger partial charge on any atom is 0.493 e. The number of imidazole rings is 1. The number of anilines is 1. The Morgan fingerprint density at radius 3 is 2.26 bits per heavy atom. The molecule has 0 aliphatic carbocycles. The molecule has 4 atom stereocenters. The number of nitrogens with zero attached hydrogens (tertiary/aromatic N) is 4. The van der Waals surface area contributed by atoms with E-state index in [9.17, 15) is 23.9 Å². The van der Waals surface area contributed by atoms with Crippen molar-refractivity contribution in [1.29, 1.82) is 0 Å². The van der Waals surface area contributed by atoms with E-state index in [2.05, 4.69) is 23.6 Å². The van der Waals surface area contributed by atoms with Crippen molar-refractivity contribution in [2.24, 2.45) is 0 Å². The van der Waals surface area contributed by atoms with Crippen LogP contribution in [0.2, 0.25) is 0 Å². The minimum absolute atomic E-state index is 0.0125. The predicted molar refractivity (Wildman–Crippen MR) is 95.5 cm³/mol. The zero-order valence-electron chi connectivity index (χ0n) is 14.9. The summed E-state index contributed by atoms with van der Waals surface area (Å²) in [4.78, 5) is 47.3. The Bertz CT molecular complexity index is 1070. The van der Waals surface area contributed by atoms with Crippen LogP contribution in [0.25, 0.3) is 11.2 Å². The molecule has 2 aromatic heterocycles. The normalized spacial score (nSPS) is 25.4. The maximum atomic E-state index is 12.6. The summed E-state index contributed by atoms with van der Waals surface area (Å²) in [5.41, 5.74) is 5.77. The van der Waals surface area contributed by atoms with Crippen LogP contribution >= 0.6 is 23.5 Å². The monoisotopic (exact) mass is 507 g/mol. The lowest BCUT2D eigenvalue weighted by Gasteiger charge is -2.26. The lowest BCUT2D eigenvalue weighted by Crippen LogP contribution is -2.35. The number of hydrogen-bond donors (Lipinski definition) is 7. The molecule has 1 aliphatic heterocycles. The number of nitrogens with two attached hydrogens (primary N) is 1. The van der Waals surface area contributed by atoms with Crippen LogP contribution in [0.15, 0.2) is 12.7 Å². The molecule has 18 nitrogen and oxygen atoms in total. The third kappa shape index (κ3) is 5.53. The number of aliphatic hydroxyl groups excluding tert-OH is 2. The Morgan fingerprint density at radius 1 is 1.10 bits per heavy atom. The first-order valence-electron chi connectivity index (χ1n) is 7.92. The third-order valence-corrected chi connectivity index (χ3v) is 7.62. The van der Waals surface area contributed by atoms with Crippen molar-refractivity contribution in [3.8, 4) is 0 Å². The predicted octanol–water partition coefficient (Wildman–Crippen LogP) is -1.63. The second-order valence-corrected chi connectivity index (χ2v) is 10.4. The summed E-state index contributed by atoms with van der Waals surface area (Å²) in [6, 6.07) is 0. The second kappa shape index (κ2) is 8.53. The van der Waals surface area contributed by atoms with Crippen molar-refractivity contribution in [2.45, 2.75) is 24.5 Å². The molecule has 0 radical (unpaired) electrons. The van der Waals surface area contributed by atoms with E-state index in [-0.39, 0.29) is 17.0 Å². The van der Waals surface area contributed by atoms with E-state index in [4.69, 9.17) is 34.6 Å². The van der Waals surface area contributed by atoms with Gasteiger partial charge in [0.1, 0.15) is 30.2 Å². The smallest absolute Gasteiger partial charge is 0.394 e. The van der Waals surface area contributed by atoms with Gasteiger partial charge in [0.2, 0.25) is 0 Å². The van der Waals surface area contributed by atoms with Crippen LogP contribution in [0, 0.1) is 0 Å². The first-order valence-corrected chi connectivity index (χ1v) is 12.4. The van der Waals surface area contributed by atoms with Gasteiger partial charge in [-0.15, -0.1) is 0 Å². The average molecular weight is 507 g/mol. The molecule has 8 N–H and O–H groups in total. The van der Waals surface area contributed by atoms with Gasteiger partial charge in [0.15, 0.2) is 17.7 Å². The maximum absolute atomic E-state index is 12.6. The molecule has 31 heavy (non-hydrogen) atoms. The Morgan fingerprint density at radius 2 is 1.71 bits per heavy atom. The fourth-order valence-corrected chi connectivity index (χ4v) is 6.03. The topological polar surface area (TPSA) is 279 Å². The molecule has 0 bridgehead atoms. The quantitative estimate of drug-likeness (QED) is 0.197. The van der Waals surface area contributed by atoms with Gasteiger partial charge >= 0.3 is 23.5 Å². The van der Waals surface area contributed by atoms with E-state index in [0.717, 1.165) is 17.2 Å². The van der Waals surface area contributed by atoms with Crippen LogP contribution in [-0.4, -0.2) is 74.2 Å². The molecule has 21 heteroatoms. The Hall–Kier alpha value is -1.36. The minimum atomic E-state index is -5.73. The minimum Gasteiger partial charge on any atom is -0.394 e. The number of aliphatic hydroxyl groups is 2. The van der Waals surface area contributed by atoms with Crippen LogP contribution < -0.4 is 5.73 Å². The molecule has 3 heterocycles.